The summed E-state index contributed by atoms with van der Waals surface area (Å²) in [4.78, 5) is 13.9. The fourth-order valence-electron chi connectivity index (χ4n) is 2.08. The van der Waals surface area contributed by atoms with Gasteiger partial charge in [-0.1, -0.05) is 23.7 Å². The Kier molecular flexibility index (Phi) is 5.93. The van der Waals surface area contributed by atoms with Crippen LogP contribution in [0.2, 0.25) is 5.02 Å². The van der Waals surface area contributed by atoms with Crippen LogP contribution in [0.15, 0.2) is 24.3 Å². The van der Waals surface area contributed by atoms with Gasteiger partial charge in [0, 0.05) is 24.2 Å². The van der Waals surface area contributed by atoms with E-state index in [1.165, 1.54) is 0 Å². The molecule has 1 heterocycles. The number of likely N-dealkylation sites (tertiary alicyclic amines) is 1. The van der Waals surface area contributed by atoms with E-state index in [1.807, 2.05) is 29.2 Å². The lowest BCUT2D eigenvalue weighted by Gasteiger charge is -2.30. The summed E-state index contributed by atoms with van der Waals surface area (Å²) in [6.45, 7) is 1.56. The molecule has 5 heteroatoms. The van der Waals surface area contributed by atoms with Crippen LogP contribution in [-0.4, -0.2) is 29.9 Å². The number of benzene rings is 1. The van der Waals surface area contributed by atoms with Gasteiger partial charge in [0.05, 0.1) is 6.42 Å². The van der Waals surface area contributed by atoms with Crippen molar-refractivity contribution < 1.29 is 4.79 Å². The molecule has 3 nitrogen and oxygen atoms in total. The summed E-state index contributed by atoms with van der Waals surface area (Å²) >= 11 is 5.89. The largest absolute Gasteiger partial charge is 0.342 e. The van der Waals surface area contributed by atoms with E-state index in [4.69, 9.17) is 17.3 Å². The van der Waals surface area contributed by atoms with Crippen LogP contribution in [-0.2, 0) is 11.2 Å². The molecule has 0 radical (unpaired) electrons. The Bertz CT molecular complexity index is 404. The Hall–Kier alpha value is -0.770. The highest BCUT2D eigenvalue weighted by atomic mass is 35.5. The highest BCUT2D eigenvalue weighted by molar-refractivity contribution is 6.30. The van der Waals surface area contributed by atoms with Gasteiger partial charge in [-0.05, 0) is 30.5 Å². The maximum Gasteiger partial charge on any atom is 0.226 e. The van der Waals surface area contributed by atoms with Gasteiger partial charge in [-0.15, -0.1) is 12.4 Å². The molecule has 0 spiro atoms. The number of hydrogen-bond donors (Lipinski definition) is 1. The minimum absolute atomic E-state index is 0. The number of hydrogen-bond acceptors (Lipinski definition) is 2. The summed E-state index contributed by atoms with van der Waals surface area (Å²) in [6, 6.07) is 7.71. The second-order valence-corrected chi connectivity index (χ2v) is 4.96. The fourth-order valence-corrected chi connectivity index (χ4v) is 2.30. The number of halogens is 2. The lowest BCUT2D eigenvalue weighted by atomic mass is 10.0. The van der Waals surface area contributed by atoms with Gasteiger partial charge in [-0.25, -0.2) is 0 Å². The molecule has 1 fully saturated rings. The molecule has 1 aromatic rings. The number of nitrogens with zero attached hydrogens (tertiary/aromatic N) is 1. The number of amides is 1. The number of piperidine rings is 1. The van der Waals surface area contributed by atoms with Crippen LogP contribution in [0.25, 0.3) is 0 Å². The molecule has 1 aliphatic rings. The molecule has 0 saturated carbocycles. The summed E-state index contributed by atoms with van der Waals surface area (Å²) < 4.78 is 0. The smallest absolute Gasteiger partial charge is 0.226 e. The molecular weight excluding hydrogens is 271 g/mol. The molecule has 18 heavy (non-hydrogen) atoms. The van der Waals surface area contributed by atoms with Crippen molar-refractivity contribution in [1.29, 1.82) is 0 Å². The Morgan fingerprint density at radius 1 is 1.39 bits per heavy atom. The van der Waals surface area contributed by atoms with E-state index >= 15 is 0 Å². The van der Waals surface area contributed by atoms with Gasteiger partial charge in [0.1, 0.15) is 0 Å². The standard InChI is InChI=1S/C13H17ClN2O.ClH/c14-11-3-1-2-10(8-11)9-13(17)16-6-4-12(15)5-7-16;/h1-3,8,12H,4-7,9,15H2;1H. The number of rotatable bonds is 2. The van der Waals surface area contributed by atoms with Crippen LogP contribution < -0.4 is 5.73 Å². The predicted octanol–water partition coefficient (Wildman–Crippen LogP) is 2.25. The SMILES string of the molecule is Cl.NC1CCN(C(=O)Cc2cccc(Cl)c2)CC1. The van der Waals surface area contributed by atoms with E-state index < -0.39 is 0 Å². The van der Waals surface area contributed by atoms with E-state index in [2.05, 4.69) is 0 Å². The van der Waals surface area contributed by atoms with E-state index in [9.17, 15) is 4.79 Å². The van der Waals surface area contributed by atoms with Crippen LogP contribution in [0, 0.1) is 0 Å². The van der Waals surface area contributed by atoms with Gasteiger partial charge in [0.2, 0.25) is 5.91 Å². The van der Waals surface area contributed by atoms with Gasteiger partial charge < -0.3 is 10.6 Å². The Morgan fingerprint density at radius 3 is 2.67 bits per heavy atom. The maximum absolute atomic E-state index is 12.0. The van der Waals surface area contributed by atoms with Crippen LogP contribution in [0.5, 0.6) is 0 Å². The number of carbonyl (C=O) groups is 1. The van der Waals surface area contributed by atoms with Crippen molar-refractivity contribution in [3.63, 3.8) is 0 Å². The molecule has 0 atom stereocenters. The third-order valence-electron chi connectivity index (χ3n) is 3.14. The molecule has 1 saturated heterocycles. The first-order chi connectivity index (χ1) is 8.15. The van der Waals surface area contributed by atoms with Gasteiger partial charge in [0.25, 0.3) is 0 Å². The topological polar surface area (TPSA) is 46.3 Å². The van der Waals surface area contributed by atoms with Crippen LogP contribution in [0.3, 0.4) is 0 Å². The fraction of sp³-hybridized carbons (Fsp3) is 0.462. The molecule has 0 unspecified atom stereocenters. The van der Waals surface area contributed by atoms with E-state index in [-0.39, 0.29) is 24.4 Å². The molecule has 2 N–H and O–H groups in total. The summed E-state index contributed by atoms with van der Waals surface area (Å²) in [6.07, 6.45) is 2.23. The molecule has 1 amide bonds. The zero-order chi connectivity index (χ0) is 12.3. The Labute approximate surface area is 119 Å². The quantitative estimate of drug-likeness (QED) is 0.907. The summed E-state index contributed by atoms with van der Waals surface area (Å²) in [5, 5.41) is 0.677. The van der Waals surface area contributed by atoms with Gasteiger partial charge >= 0.3 is 0 Å². The Balaban J connectivity index is 0.00000162. The van der Waals surface area contributed by atoms with E-state index in [0.717, 1.165) is 31.5 Å². The van der Waals surface area contributed by atoms with Gasteiger partial charge in [-0.2, -0.15) is 0 Å². The first-order valence-corrected chi connectivity index (χ1v) is 6.31. The minimum Gasteiger partial charge on any atom is -0.342 e. The monoisotopic (exact) mass is 288 g/mol. The predicted molar refractivity (Wildman–Crippen MR) is 76.2 cm³/mol. The molecule has 100 valence electrons. The molecule has 0 aromatic heterocycles. The first-order valence-electron chi connectivity index (χ1n) is 5.93. The average Bonchev–Trinajstić information content (AvgIpc) is 2.29. The van der Waals surface area contributed by atoms with E-state index in [1.54, 1.807) is 0 Å². The lowest BCUT2D eigenvalue weighted by molar-refractivity contribution is -0.131. The van der Waals surface area contributed by atoms with Gasteiger partial charge in [-0.3, -0.25) is 4.79 Å². The van der Waals surface area contributed by atoms with Crippen molar-refractivity contribution in [3.8, 4) is 0 Å². The highest BCUT2D eigenvalue weighted by Gasteiger charge is 2.20. The minimum atomic E-state index is 0. The van der Waals surface area contributed by atoms with Crippen LogP contribution in [0.4, 0.5) is 0 Å². The zero-order valence-corrected chi connectivity index (χ0v) is 11.7. The number of nitrogens with two attached hydrogens (primary N) is 1. The van der Waals surface area contributed by atoms with Crippen LogP contribution in [0.1, 0.15) is 18.4 Å². The Morgan fingerprint density at radius 2 is 2.06 bits per heavy atom. The normalized spacial score (nSPS) is 16.2. The molecule has 1 aromatic carbocycles. The van der Waals surface area contributed by atoms with Crippen molar-refractivity contribution in [2.45, 2.75) is 25.3 Å². The highest BCUT2D eigenvalue weighted by Crippen LogP contribution is 2.14. The van der Waals surface area contributed by atoms with Crippen molar-refractivity contribution in [2.75, 3.05) is 13.1 Å². The van der Waals surface area contributed by atoms with E-state index in [0.29, 0.717) is 11.4 Å². The summed E-state index contributed by atoms with van der Waals surface area (Å²) in [7, 11) is 0. The lowest BCUT2D eigenvalue weighted by Crippen LogP contribution is -2.43. The average molecular weight is 289 g/mol. The van der Waals surface area contributed by atoms with Gasteiger partial charge in [0.15, 0.2) is 0 Å². The number of carbonyl (C=O) groups excluding carboxylic acids is 1. The second-order valence-electron chi connectivity index (χ2n) is 4.52. The molecular formula is C13H18Cl2N2O. The molecule has 1 aliphatic heterocycles. The third-order valence-corrected chi connectivity index (χ3v) is 3.37. The summed E-state index contributed by atoms with van der Waals surface area (Å²) in [5.74, 6) is 0.166. The van der Waals surface area contributed by atoms with Crippen molar-refractivity contribution in [3.05, 3.63) is 34.9 Å². The molecule has 0 aliphatic carbocycles. The third kappa shape index (κ3) is 4.16. The second kappa shape index (κ2) is 6.98. The first kappa shape index (κ1) is 15.3. The molecule has 2 rings (SSSR count). The maximum atomic E-state index is 12.0. The van der Waals surface area contributed by atoms with Crippen molar-refractivity contribution >= 4 is 29.9 Å². The molecule has 0 bridgehead atoms. The zero-order valence-electron chi connectivity index (χ0n) is 10.1. The summed E-state index contributed by atoms with van der Waals surface area (Å²) in [5.41, 5.74) is 6.78. The van der Waals surface area contributed by atoms with Crippen molar-refractivity contribution in [2.24, 2.45) is 5.73 Å². The van der Waals surface area contributed by atoms with Crippen LogP contribution >= 0.6 is 24.0 Å². The van der Waals surface area contributed by atoms with Crippen molar-refractivity contribution in [1.82, 2.24) is 4.90 Å².